The highest BCUT2D eigenvalue weighted by Gasteiger charge is 2.29. The van der Waals surface area contributed by atoms with E-state index in [0.29, 0.717) is 6.42 Å². The van der Waals surface area contributed by atoms with Gasteiger partial charge in [-0.2, -0.15) is 0 Å². The molecule has 1 atom stereocenters. The quantitative estimate of drug-likeness (QED) is 0.840. The van der Waals surface area contributed by atoms with Crippen molar-refractivity contribution in [2.24, 2.45) is 5.92 Å². The van der Waals surface area contributed by atoms with Gasteiger partial charge in [-0.1, -0.05) is 42.5 Å². The van der Waals surface area contributed by atoms with Gasteiger partial charge in [0.2, 0.25) is 5.95 Å². The van der Waals surface area contributed by atoms with E-state index in [1.54, 1.807) is 0 Å². The van der Waals surface area contributed by atoms with Crippen LogP contribution in [0.25, 0.3) is 6.08 Å². The van der Waals surface area contributed by atoms with E-state index in [2.05, 4.69) is 46.1 Å². The number of hydrogen-bond acceptors (Lipinski definition) is 5. The van der Waals surface area contributed by atoms with E-state index in [4.69, 9.17) is 4.98 Å². The Morgan fingerprint density at radius 3 is 2.52 bits per heavy atom. The van der Waals surface area contributed by atoms with Crippen LogP contribution in [0.2, 0.25) is 0 Å². The summed E-state index contributed by atoms with van der Waals surface area (Å²) in [6.45, 7) is 5.83. The Hall–Kier alpha value is -2.53. The molecule has 0 radical (unpaired) electrons. The monoisotopic (exact) mass is 362 g/mol. The molecule has 1 aliphatic heterocycles. The molecule has 5 heteroatoms. The number of hydrogen-bond donors (Lipinski definition) is 0. The van der Waals surface area contributed by atoms with Crippen molar-refractivity contribution < 1.29 is 4.79 Å². The Labute approximate surface area is 160 Å². The first-order chi connectivity index (χ1) is 13.1. The fraction of sp³-hybridized carbons (Fsp3) is 0.409. The maximum atomic E-state index is 12.7. The van der Waals surface area contributed by atoms with Crippen LogP contribution in [0.1, 0.15) is 33.7 Å². The molecule has 140 valence electrons. The lowest BCUT2D eigenvalue weighted by Crippen LogP contribution is -2.45. The van der Waals surface area contributed by atoms with Crippen LogP contribution in [-0.2, 0) is 6.42 Å². The summed E-state index contributed by atoms with van der Waals surface area (Å²) in [5.41, 5.74) is 3.64. The van der Waals surface area contributed by atoms with Crippen LogP contribution in [-0.4, -0.2) is 53.9 Å². The Balaban J connectivity index is 1.57. The van der Waals surface area contributed by atoms with Crippen molar-refractivity contribution in [3.05, 3.63) is 58.9 Å². The second-order valence-electron chi connectivity index (χ2n) is 7.58. The van der Waals surface area contributed by atoms with Crippen molar-refractivity contribution in [3.8, 4) is 0 Å². The number of aryl methyl sites for hydroxylation is 1. The van der Waals surface area contributed by atoms with Crippen LogP contribution >= 0.6 is 0 Å². The molecule has 0 spiro atoms. The number of rotatable bonds is 3. The number of carbonyl (C=O) groups is 1. The number of benzene rings is 1. The number of piperazine rings is 1. The van der Waals surface area contributed by atoms with E-state index in [-0.39, 0.29) is 11.7 Å². The van der Waals surface area contributed by atoms with Crippen molar-refractivity contribution in [3.63, 3.8) is 0 Å². The number of ketones is 1. The molecule has 2 aromatic rings. The lowest BCUT2D eigenvalue weighted by Gasteiger charge is -2.33. The molecular weight excluding hydrogens is 336 g/mol. The molecule has 0 N–H and O–H groups in total. The SMILES string of the molecule is Cc1nc(N2CCN(C)CC2)nc2c1C(=O)C[C@@H](/C=C/c1ccccc1)C2. The zero-order chi connectivity index (χ0) is 18.8. The van der Waals surface area contributed by atoms with Gasteiger partial charge in [-0.15, -0.1) is 0 Å². The summed E-state index contributed by atoms with van der Waals surface area (Å²) in [5, 5.41) is 0. The third kappa shape index (κ3) is 3.93. The van der Waals surface area contributed by atoms with Crippen molar-refractivity contribution in [2.45, 2.75) is 19.8 Å². The number of nitrogens with zero attached hydrogens (tertiary/aromatic N) is 4. The van der Waals surface area contributed by atoms with Gasteiger partial charge in [0.15, 0.2) is 5.78 Å². The molecule has 2 aliphatic rings. The van der Waals surface area contributed by atoms with Gasteiger partial charge in [0.1, 0.15) is 0 Å². The molecule has 1 aromatic heterocycles. The first kappa shape index (κ1) is 17.9. The van der Waals surface area contributed by atoms with E-state index in [0.717, 1.165) is 61.1 Å². The highest BCUT2D eigenvalue weighted by atomic mass is 16.1. The average molecular weight is 362 g/mol. The molecule has 1 aromatic carbocycles. The van der Waals surface area contributed by atoms with Crippen LogP contribution in [0.5, 0.6) is 0 Å². The third-order valence-electron chi connectivity index (χ3n) is 5.48. The Kier molecular flexibility index (Phi) is 5.03. The number of Topliss-reactive ketones (excluding diaryl/α,β-unsaturated/α-hetero) is 1. The molecular formula is C22H26N4O. The van der Waals surface area contributed by atoms with Gasteiger partial charge in [0, 0.05) is 32.6 Å². The number of anilines is 1. The van der Waals surface area contributed by atoms with Gasteiger partial charge in [0.25, 0.3) is 0 Å². The van der Waals surface area contributed by atoms with E-state index in [1.807, 2.05) is 25.1 Å². The van der Waals surface area contributed by atoms with Crippen LogP contribution in [0.15, 0.2) is 36.4 Å². The second-order valence-corrected chi connectivity index (χ2v) is 7.58. The molecule has 0 unspecified atom stereocenters. The smallest absolute Gasteiger partial charge is 0.225 e. The fourth-order valence-corrected chi connectivity index (χ4v) is 3.88. The van der Waals surface area contributed by atoms with Gasteiger partial charge in [-0.05, 0) is 31.9 Å². The standard InChI is InChI=1S/C22H26N4O/c1-16-21-19(24-22(23-16)26-12-10-25(2)11-13-26)14-18(15-20(21)27)9-8-17-6-4-3-5-7-17/h3-9,18H,10-15H2,1-2H3/b9-8+/t18-/m0/s1. The molecule has 4 rings (SSSR count). The maximum Gasteiger partial charge on any atom is 0.225 e. The van der Waals surface area contributed by atoms with Crippen molar-refractivity contribution in [1.29, 1.82) is 0 Å². The molecule has 2 heterocycles. The summed E-state index contributed by atoms with van der Waals surface area (Å²) in [6, 6.07) is 10.2. The number of likely N-dealkylation sites (N-methyl/N-ethyl adjacent to an activating group) is 1. The minimum atomic E-state index is 0.168. The highest BCUT2D eigenvalue weighted by Crippen LogP contribution is 2.29. The number of aromatic nitrogens is 2. The lowest BCUT2D eigenvalue weighted by molar-refractivity contribution is 0.0956. The predicted octanol–water partition coefficient (Wildman–Crippen LogP) is 3.00. The zero-order valence-electron chi connectivity index (χ0n) is 16.1. The first-order valence-electron chi connectivity index (χ1n) is 9.67. The summed E-state index contributed by atoms with van der Waals surface area (Å²) in [6.07, 6.45) is 5.60. The van der Waals surface area contributed by atoms with E-state index in [1.165, 1.54) is 0 Å². The zero-order valence-corrected chi connectivity index (χ0v) is 16.1. The average Bonchev–Trinajstić information content (AvgIpc) is 2.67. The molecule has 5 nitrogen and oxygen atoms in total. The van der Waals surface area contributed by atoms with Gasteiger partial charge < -0.3 is 9.80 Å². The van der Waals surface area contributed by atoms with Gasteiger partial charge in [-0.25, -0.2) is 9.97 Å². The minimum Gasteiger partial charge on any atom is -0.338 e. The molecule has 0 saturated carbocycles. The first-order valence-corrected chi connectivity index (χ1v) is 9.67. The molecule has 27 heavy (non-hydrogen) atoms. The number of fused-ring (bicyclic) bond motifs is 1. The molecule has 1 fully saturated rings. The molecule has 1 saturated heterocycles. The Morgan fingerprint density at radius 1 is 1.04 bits per heavy atom. The van der Waals surface area contributed by atoms with E-state index in [9.17, 15) is 4.79 Å². The van der Waals surface area contributed by atoms with Crippen LogP contribution in [0.4, 0.5) is 5.95 Å². The topological polar surface area (TPSA) is 49.3 Å². The van der Waals surface area contributed by atoms with Crippen molar-refractivity contribution in [1.82, 2.24) is 14.9 Å². The summed E-state index contributed by atoms with van der Waals surface area (Å²) < 4.78 is 0. The Bertz CT molecular complexity index is 854. The fourth-order valence-electron chi connectivity index (χ4n) is 3.88. The maximum absolute atomic E-state index is 12.7. The minimum absolute atomic E-state index is 0.168. The summed E-state index contributed by atoms with van der Waals surface area (Å²) in [7, 11) is 2.14. The van der Waals surface area contributed by atoms with E-state index >= 15 is 0 Å². The van der Waals surface area contributed by atoms with Crippen LogP contribution in [0, 0.1) is 12.8 Å². The summed E-state index contributed by atoms with van der Waals surface area (Å²) in [4.78, 5) is 26.8. The summed E-state index contributed by atoms with van der Waals surface area (Å²) in [5.74, 6) is 1.14. The predicted molar refractivity (Wildman–Crippen MR) is 108 cm³/mol. The van der Waals surface area contributed by atoms with E-state index < -0.39 is 0 Å². The second kappa shape index (κ2) is 7.61. The number of carbonyl (C=O) groups excluding carboxylic acids is 1. The van der Waals surface area contributed by atoms with Crippen molar-refractivity contribution in [2.75, 3.05) is 38.1 Å². The Morgan fingerprint density at radius 2 is 1.78 bits per heavy atom. The summed E-state index contributed by atoms with van der Waals surface area (Å²) >= 11 is 0. The van der Waals surface area contributed by atoms with Crippen LogP contribution < -0.4 is 4.90 Å². The molecule has 1 aliphatic carbocycles. The van der Waals surface area contributed by atoms with Crippen molar-refractivity contribution >= 4 is 17.8 Å². The highest BCUT2D eigenvalue weighted by molar-refractivity contribution is 5.99. The largest absolute Gasteiger partial charge is 0.338 e. The van der Waals surface area contributed by atoms with Crippen LogP contribution in [0.3, 0.4) is 0 Å². The third-order valence-corrected chi connectivity index (χ3v) is 5.48. The molecule has 0 bridgehead atoms. The van der Waals surface area contributed by atoms with Gasteiger partial charge in [-0.3, -0.25) is 4.79 Å². The molecule has 0 amide bonds. The van der Waals surface area contributed by atoms with Gasteiger partial charge >= 0.3 is 0 Å². The number of allylic oxidation sites excluding steroid dienone is 1. The lowest BCUT2D eigenvalue weighted by atomic mass is 9.85. The normalized spacial score (nSPS) is 20.9. The van der Waals surface area contributed by atoms with Gasteiger partial charge in [0.05, 0.1) is 17.0 Å².